The van der Waals surface area contributed by atoms with Crippen LogP contribution < -0.4 is 14.4 Å². The Labute approximate surface area is 403 Å². The lowest BCUT2D eigenvalue weighted by Crippen LogP contribution is -2.24. The molecule has 0 fully saturated rings. The fourth-order valence-electron chi connectivity index (χ4n) is 9.56. The molecule has 0 bridgehead atoms. The quantitative estimate of drug-likeness (QED) is 0.0445. The summed E-state index contributed by atoms with van der Waals surface area (Å²) in [5, 5.41) is 0. The predicted molar refractivity (Wildman–Crippen MR) is 286 cm³/mol. The van der Waals surface area contributed by atoms with Gasteiger partial charge in [0, 0.05) is 37.1 Å². The summed E-state index contributed by atoms with van der Waals surface area (Å²) < 4.78 is 12.1. The molecule has 8 rings (SSSR count). The number of terminal acetylenes is 1. The maximum Gasteiger partial charge on any atom is 0.119 e. The van der Waals surface area contributed by atoms with Gasteiger partial charge in [-0.25, -0.2) is 0 Å². The first-order chi connectivity index (χ1) is 32.5. The number of anilines is 3. The molecular formula is C61H67NO2S2. The summed E-state index contributed by atoms with van der Waals surface area (Å²) in [5.41, 5.74) is 12.3. The first-order valence-electron chi connectivity index (χ1n) is 24.8. The van der Waals surface area contributed by atoms with Gasteiger partial charge in [-0.2, -0.15) is 0 Å². The lowest BCUT2D eigenvalue weighted by molar-refractivity contribution is 0.305. The van der Waals surface area contributed by atoms with Crippen molar-refractivity contribution < 1.29 is 9.47 Å². The van der Waals surface area contributed by atoms with Crippen molar-refractivity contribution in [2.75, 3.05) is 18.1 Å². The van der Waals surface area contributed by atoms with E-state index >= 15 is 0 Å². The molecule has 0 saturated heterocycles. The van der Waals surface area contributed by atoms with Gasteiger partial charge in [-0.3, -0.25) is 0 Å². The molecule has 0 aliphatic heterocycles. The molecule has 5 heteroatoms. The average molecular weight is 910 g/mol. The topological polar surface area (TPSA) is 21.7 Å². The smallest absolute Gasteiger partial charge is 0.119 e. The highest BCUT2D eigenvalue weighted by atomic mass is 32.1. The SMILES string of the molecule is C#Cc1cc2c(s1)-c1sc(-c3ccc(N(c4ccc(-c5ccc(OCCCCCC)cc5)cc4)c4ccc(-c5ccc(OCCCCCC)cc5)cc4)cc3)cc1C2(CCCC)CCCC. The number of unbranched alkanes of at least 4 members (excludes halogenated alkanes) is 8. The molecule has 2 aromatic heterocycles. The summed E-state index contributed by atoms with van der Waals surface area (Å²) in [4.78, 5) is 7.58. The number of hydrogen-bond acceptors (Lipinski definition) is 5. The van der Waals surface area contributed by atoms with E-state index in [1.165, 1.54) is 131 Å². The van der Waals surface area contributed by atoms with Gasteiger partial charge in [0.1, 0.15) is 11.5 Å². The number of fused-ring (bicyclic) bond motifs is 3. The van der Waals surface area contributed by atoms with Gasteiger partial charge in [-0.15, -0.1) is 29.1 Å². The molecule has 2 heterocycles. The van der Waals surface area contributed by atoms with Gasteiger partial charge in [-0.05, 0) is 137 Å². The molecule has 0 saturated carbocycles. The lowest BCUT2D eigenvalue weighted by atomic mass is 9.71. The molecule has 0 radical (unpaired) electrons. The van der Waals surface area contributed by atoms with Gasteiger partial charge in [0.25, 0.3) is 0 Å². The summed E-state index contributed by atoms with van der Waals surface area (Å²) in [6.07, 6.45) is 22.8. The second-order valence-corrected chi connectivity index (χ2v) is 20.1. The van der Waals surface area contributed by atoms with Crippen molar-refractivity contribution in [3.05, 3.63) is 149 Å². The number of ether oxygens (including phenoxy) is 2. The zero-order chi connectivity index (χ0) is 45.7. The number of thiophene rings is 2. The van der Waals surface area contributed by atoms with Gasteiger partial charge in [0.05, 0.1) is 18.1 Å². The minimum atomic E-state index is 0.0412. The molecule has 5 aromatic carbocycles. The van der Waals surface area contributed by atoms with Crippen LogP contribution in [0.2, 0.25) is 0 Å². The predicted octanol–water partition coefficient (Wildman–Crippen LogP) is 18.8. The monoisotopic (exact) mass is 909 g/mol. The van der Waals surface area contributed by atoms with E-state index in [4.69, 9.17) is 15.9 Å². The largest absolute Gasteiger partial charge is 0.494 e. The van der Waals surface area contributed by atoms with E-state index in [0.29, 0.717) is 0 Å². The number of hydrogen-bond donors (Lipinski definition) is 0. The van der Waals surface area contributed by atoms with Crippen LogP contribution in [-0.4, -0.2) is 13.2 Å². The number of nitrogens with zero attached hydrogens (tertiary/aromatic N) is 1. The van der Waals surface area contributed by atoms with Crippen molar-refractivity contribution in [2.24, 2.45) is 0 Å². The van der Waals surface area contributed by atoms with Crippen LogP contribution in [-0.2, 0) is 5.41 Å². The summed E-state index contributed by atoms with van der Waals surface area (Å²) in [6.45, 7) is 10.6. The summed E-state index contributed by atoms with van der Waals surface area (Å²) in [6, 6.07) is 49.1. The Morgan fingerprint density at radius 1 is 0.455 bits per heavy atom. The van der Waals surface area contributed by atoms with E-state index < -0.39 is 0 Å². The third kappa shape index (κ3) is 10.7. The van der Waals surface area contributed by atoms with Crippen molar-refractivity contribution in [3.8, 4) is 66.3 Å². The van der Waals surface area contributed by atoms with E-state index in [1.807, 2.05) is 22.7 Å². The molecule has 340 valence electrons. The Balaban J connectivity index is 1.08. The molecule has 7 aromatic rings. The average Bonchev–Trinajstić information content (AvgIpc) is 4.06. The molecule has 66 heavy (non-hydrogen) atoms. The van der Waals surface area contributed by atoms with Gasteiger partial charge in [-0.1, -0.05) is 158 Å². The highest BCUT2D eigenvalue weighted by Crippen LogP contribution is 2.60. The lowest BCUT2D eigenvalue weighted by Gasteiger charge is -2.31. The van der Waals surface area contributed by atoms with Gasteiger partial charge in [0.2, 0.25) is 0 Å². The molecule has 3 nitrogen and oxygen atoms in total. The Morgan fingerprint density at radius 3 is 1.27 bits per heavy atom. The molecule has 0 spiro atoms. The third-order valence-corrected chi connectivity index (χ3v) is 15.7. The van der Waals surface area contributed by atoms with Crippen LogP contribution in [0.3, 0.4) is 0 Å². The van der Waals surface area contributed by atoms with Crippen LogP contribution in [0, 0.1) is 12.3 Å². The third-order valence-electron chi connectivity index (χ3n) is 13.3. The maximum absolute atomic E-state index is 6.05. The summed E-state index contributed by atoms with van der Waals surface area (Å²) in [7, 11) is 0. The van der Waals surface area contributed by atoms with E-state index in [-0.39, 0.29) is 5.41 Å². The Kier molecular flexibility index (Phi) is 16.2. The standard InChI is InChI=1S/C61H67NO2S2/c1-6-11-15-17-41-63-53-35-25-47(26-36-53)45-19-29-50(30-20-45)62(51-31-21-46(22-32-51)48-27-37-54(38-28-48)64-42-18-16-12-7-2)52-33-23-49(24-34-52)58-44-57-60(66-58)59-56(43-55(10-5)65-59)61(57,39-13-8-3)40-14-9-4/h5,19-38,43-44H,6-9,11-18,39-42H2,1-4H3. The maximum atomic E-state index is 6.05. The first kappa shape index (κ1) is 47.0. The number of benzene rings is 5. The molecular weight excluding hydrogens is 843 g/mol. The molecule has 1 aliphatic rings. The van der Waals surface area contributed by atoms with Crippen LogP contribution in [0.5, 0.6) is 11.5 Å². The van der Waals surface area contributed by atoms with Crippen molar-refractivity contribution >= 4 is 39.7 Å². The van der Waals surface area contributed by atoms with Crippen molar-refractivity contribution in [2.45, 2.75) is 123 Å². The second-order valence-electron chi connectivity index (χ2n) is 18.0. The van der Waals surface area contributed by atoms with Gasteiger partial charge >= 0.3 is 0 Å². The summed E-state index contributed by atoms with van der Waals surface area (Å²) >= 11 is 3.75. The molecule has 1 aliphatic carbocycles. The Morgan fingerprint density at radius 2 is 0.848 bits per heavy atom. The van der Waals surface area contributed by atoms with Crippen molar-refractivity contribution in [1.29, 1.82) is 0 Å². The van der Waals surface area contributed by atoms with Crippen molar-refractivity contribution in [3.63, 3.8) is 0 Å². The fraction of sp³-hybridized carbons (Fsp3) is 0.344. The van der Waals surface area contributed by atoms with Crippen molar-refractivity contribution in [1.82, 2.24) is 0 Å². The first-order valence-corrected chi connectivity index (χ1v) is 26.4. The highest BCUT2D eigenvalue weighted by molar-refractivity contribution is 7.24. The van der Waals surface area contributed by atoms with Gasteiger partial charge in [0.15, 0.2) is 0 Å². The van der Waals surface area contributed by atoms with Crippen LogP contribution in [0.25, 0.3) is 42.4 Å². The Hall–Kier alpha value is -5.54. The minimum absolute atomic E-state index is 0.0412. The number of rotatable bonds is 24. The zero-order valence-electron chi connectivity index (χ0n) is 39.7. The van der Waals surface area contributed by atoms with E-state index in [1.54, 1.807) is 0 Å². The van der Waals surface area contributed by atoms with Crippen LogP contribution in [0.15, 0.2) is 133 Å². The normalized spacial score (nSPS) is 12.4. The Bertz CT molecular complexity index is 2520. The van der Waals surface area contributed by atoms with E-state index in [2.05, 4.69) is 172 Å². The molecule has 0 atom stereocenters. The van der Waals surface area contributed by atoms with Crippen LogP contribution in [0.1, 0.15) is 134 Å². The van der Waals surface area contributed by atoms with Crippen LogP contribution in [0.4, 0.5) is 17.1 Å². The van der Waals surface area contributed by atoms with E-state index in [0.717, 1.165) is 59.5 Å². The second kappa shape index (κ2) is 22.8. The minimum Gasteiger partial charge on any atom is -0.494 e. The van der Waals surface area contributed by atoms with Gasteiger partial charge < -0.3 is 14.4 Å². The zero-order valence-corrected chi connectivity index (χ0v) is 41.3. The highest BCUT2D eigenvalue weighted by Gasteiger charge is 2.45. The van der Waals surface area contributed by atoms with E-state index in [9.17, 15) is 0 Å². The molecule has 0 unspecified atom stereocenters. The fourth-order valence-corrected chi connectivity index (χ4v) is 12.1. The molecule has 0 N–H and O–H groups in total. The summed E-state index contributed by atoms with van der Waals surface area (Å²) in [5.74, 6) is 4.84. The van der Waals surface area contributed by atoms with Crippen LogP contribution >= 0.6 is 22.7 Å². The molecule has 0 amide bonds.